The van der Waals surface area contributed by atoms with E-state index in [1.54, 1.807) is 0 Å². The molecule has 0 amide bonds. The first-order chi connectivity index (χ1) is 4.93. The maximum atomic E-state index is 9.31. The van der Waals surface area contributed by atoms with Crippen molar-refractivity contribution in [2.75, 3.05) is 6.61 Å². The van der Waals surface area contributed by atoms with Crippen molar-refractivity contribution >= 4 is 0 Å². The predicted octanol–water partition coefficient (Wildman–Crippen LogP) is 2.83. The minimum atomic E-state index is 0.118. The van der Waals surface area contributed by atoms with Gasteiger partial charge in [-0.3, -0.25) is 0 Å². The Balaban J connectivity index is 4.54. The van der Waals surface area contributed by atoms with Gasteiger partial charge in [-0.15, -0.1) is 0 Å². The second kappa shape index (κ2) is 3.57. The minimum absolute atomic E-state index is 0.118. The molecule has 0 aliphatic carbocycles. The van der Waals surface area contributed by atoms with Gasteiger partial charge in [0.25, 0.3) is 0 Å². The highest BCUT2D eigenvalue weighted by molar-refractivity contribution is 4.87. The normalized spacial score (nSPS) is 13.6. The summed E-state index contributed by atoms with van der Waals surface area (Å²) in [5.74, 6) is 0. The second-order valence-electron chi connectivity index (χ2n) is 4.40. The van der Waals surface area contributed by atoms with Crippen LogP contribution in [0.3, 0.4) is 0 Å². The van der Waals surface area contributed by atoms with Crippen molar-refractivity contribution < 1.29 is 5.11 Å². The molecule has 0 aromatic carbocycles. The van der Waals surface area contributed by atoms with Gasteiger partial charge in [0.05, 0.1) is 0 Å². The van der Waals surface area contributed by atoms with Crippen LogP contribution in [0.4, 0.5) is 0 Å². The van der Waals surface area contributed by atoms with Crippen LogP contribution >= 0.6 is 0 Å². The monoisotopic (exact) mass is 158 g/mol. The number of hydrogen-bond acceptors (Lipinski definition) is 1. The molecule has 0 aliphatic heterocycles. The van der Waals surface area contributed by atoms with Gasteiger partial charge >= 0.3 is 0 Å². The zero-order valence-electron chi connectivity index (χ0n) is 8.57. The fraction of sp³-hybridized carbons (Fsp3) is 1.00. The topological polar surface area (TPSA) is 20.2 Å². The van der Waals surface area contributed by atoms with E-state index in [2.05, 4.69) is 34.6 Å². The molecule has 0 unspecified atom stereocenters. The second-order valence-corrected chi connectivity index (χ2v) is 4.40. The average Bonchev–Trinajstić information content (AvgIpc) is 1.90. The molecule has 0 heterocycles. The first-order valence-electron chi connectivity index (χ1n) is 4.54. The van der Waals surface area contributed by atoms with E-state index < -0.39 is 0 Å². The van der Waals surface area contributed by atoms with Crippen LogP contribution in [0.5, 0.6) is 0 Å². The molecule has 11 heavy (non-hydrogen) atoms. The summed E-state index contributed by atoms with van der Waals surface area (Å²) in [4.78, 5) is 0. The number of hydrogen-bond donors (Lipinski definition) is 1. The zero-order chi connectivity index (χ0) is 9.12. The highest BCUT2D eigenvalue weighted by atomic mass is 16.3. The third-order valence-electron chi connectivity index (χ3n) is 3.25. The Bertz CT molecular complexity index is 98.3. The summed E-state index contributed by atoms with van der Waals surface area (Å²) in [7, 11) is 0. The van der Waals surface area contributed by atoms with E-state index in [1.807, 2.05) is 0 Å². The van der Waals surface area contributed by atoms with Crippen LogP contribution in [-0.2, 0) is 0 Å². The molecule has 1 N–H and O–H groups in total. The van der Waals surface area contributed by atoms with Crippen LogP contribution in [0, 0.1) is 10.8 Å². The van der Waals surface area contributed by atoms with Crippen molar-refractivity contribution in [3.05, 3.63) is 0 Å². The molecule has 0 spiro atoms. The molecule has 0 aliphatic rings. The van der Waals surface area contributed by atoms with E-state index in [1.165, 1.54) is 0 Å². The molecule has 0 rings (SSSR count). The number of rotatable bonds is 3. The standard InChI is InChI=1S/C10H22O/c1-6-10(7-2,8-11)9(3,4)5/h11H,6-8H2,1-5H3. The molecule has 0 bridgehead atoms. The van der Waals surface area contributed by atoms with Crippen LogP contribution in [0.25, 0.3) is 0 Å². The molecule has 0 atom stereocenters. The number of aliphatic hydroxyl groups excluding tert-OH is 1. The third-order valence-corrected chi connectivity index (χ3v) is 3.25. The molecular formula is C10H22O. The maximum absolute atomic E-state index is 9.31. The van der Waals surface area contributed by atoms with E-state index >= 15 is 0 Å². The van der Waals surface area contributed by atoms with E-state index in [-0.39, 0.29) is 10.8 Å². The minimum Gasteiger partial charge on any atom is -0.396 e. The molecule has 68 valence electrons. The van der Waals surface area contributed by atoms with E-state index in [4.69, 9.17) is 0 Å². The Kier molecular flexibility index (Phi) is 3.56. The predicted molar refractivity (Wildman–Crippen MR) is 49.6 cm³/mol. The fourth-order valence-corrected chi connectivity index (χ4v) is 1.77. The lowest BCUT2D eigenvalue weighted by Gasteiger charge is -2.42. The molecular weight excluding hydrogens is 136 g/mol. The Morgan fingerprint density at radius 2 is 1.36 bits per heavy atom. The van der Waals surface area contributed by atoms with Gasteiger partial charge in [0.2, 0.25) is 0 Å². The van der Waals surface area contributed by atoms with Crippen molar-refractivity contribution in [3.63, 3.8) is 0 Å². The summed E-state index contributed by atoms with van der Waals surface area (Å²) in [6.45, 7) is 11.2. The van der Waals surface area contributed by atoms with Gasteiger partial charge in [0.15, 0.2) is 0 Å². The quantitative estimate of drug-likeness (QED) is 0.669. The molecule has 0 saturated heterocycles. The van der Waals surface area contributed by atoms with Crippen molar-refractivity contribution in [2.45, 2.75) is 47.5 Å². The summed E-state index contributed by atoms with van der Waals surface area (Å²) < 4.78 is 0. The van der Waals surface area contributed by atoms with E-state index in [9.17, 15) is 5.11 Å². The molecule has 0 fully saturated rings. The summed E-state index contributed by atoms with van der Waals surface area (Å²) in [6, 6.07) is 0. The maximum Gasteiger partial charge on any atom is 0.0492 e. The fourth-order valence-electron chi connectivity index (χ4n) is 1.77. The lowest BCUT2D eigenvalue weighted by Crippen LogP contribution is -2.37. The highest BCUT2D eigenvalue weighted by Crippen LogP contribution is 2.43. The van der Waals surface area contributed by atoms with Crippen molar-refractivity contribution in [1.82, 2.24) is 0 Å². The van der Waals surface area contributed by atoms with Gasteiger partial charge in [-0.25, -0.2) is 0 Å². The Morgan fingerprint density at radius 3 is 1.36 bits per heavy atom. The molecule has 1 heteroatoms. The Labute approximate surface area is 70.8 Å². The van der Waals surface area contributed by atoms with E-state index in [0.717, 1.165) is 12.8 Å². The lowest BCUT2D eigenvalue weighted by molar-refractivity contribution is 0.00762. The first kappa shape index (κ1) is 11.0. The molecule has 0 saturated carbocycles. The molecule has 1 nitrogen and oxygen atoms in total. The van der Waals surface area contributed by atoms with Gasteiger partial charge in [-0.05, 0) is 23.7 Å². The van der Waals surface area contributed by atoms with Crippen molar-refractivity contribution in [1.29, 1.82) is 0 Å². The third kappa shape index (κ3) is 1.96. The van der Waals surface area contributed by atoms with Gasteiger partial charge < -0.3 is 5.11 Å². The van der Waals surface area contributed by atoms with Crippen molar-refractivity contribution in [2.24, 2.45) is 10.8 Å². The van der Waals surface area contributed by atoms with Gasteiger partial charge in [0, 0.05) is 6.61 Å². The largest absolute Gasteiger partial charge is 0.396 e. The van der Waals surface area contributed by atoms with Crippen LogP contribution < -0.4 is 0 Å². The average molecular weight is 158 g/mol. The smallest absolute Gasteiger partial charge is 0.0492 e. The van der Waals surface area contributed by atoms with Gasteiger partial charge in [0.1, 0.15) is 0 Å². The number of aliphatic hydroxyl groups is 1. The highest BCUT2D eigenvalue weighted by Gasteiger charge is 2.37. The molecule has 0 aromatic heterocycles. The van der Waals surface area contributed by atoms with Crippen molar-refractivity contribution in [3.8, 4) is 0 Å². The van der Waals surface area contributed by atoms with Crippen LogP contribution in [0.1, 0.15) is 47.5 Å². The Hall–Kier alpha value is -0.0400. The van der Waals surface area contributed by atoms with Crippen LogP contribution in [0.15, 0.2) is 0 Å². The molecule has 0 aromatic rings. The molecule has 0 radical (unpaired) electrons. The first-order valence-corrected chi connectivity index (χ1v) is 4.54. The summed E-state index contributed by atoms with van der Waals surface area (Å²) in [6.07, 6.45) is 2.12. The summed E-state index contributed by atoms with van der Waals surface area (Å²) >= 11 is 0. The SMILES string of the molecule is CCC(CC)(CO)C(C)(C)C. The van der Waals surface area contributed by atoms with Gasteiger partial charge in [-0.2, -0.15) is 0 Å². The Morgan fingerprint density at radius 1 is 1.00 bits per heavy atom. The van der Waals surface area contributed by atoms with Crippen LogP contribution in [0.2, 0.25) is 0 Å². The lowest BCUT2D eigenvalue weighted by atomic mass is 9.64. The van der Waals surface area contributed by atoms with Gasteiger partial charge in [-0.1, -0.05) is 34.6 Å². The van der Waals surface area contributed by atoms with Crippen LogP contribution in [-0.4, -0.2) is 11.7 Å². The van der Waals surface area contributed by atoms with E-state index in [0.29, 0.717) is 6.61 Å². The summed E-state index contributed by atoms with van der Waals surface area (Å²) in [5.41, 5.74) is 0.332. The summed E-state index contributed by atoms with van der Waals surface area (Å²) in [5, 5.41) is 9.31. The zero-order valence-corrected chi connectivity index (χ0v) is 8.57.